The summed E-state index contributed by atoms with van der Waals surface area (Å²) in [4.78, 5) is 5.24. The fourth-order valence-electron chi connectivity index (χ4n) is 2.51. The molecule has 3 nitrogen and oxygen atoms in total. The van der Waals surface area contributed by atoms with Crippen LogP contribution in [0.4, 0.5) is 0 Å². The van der Waals surface area contributed by atoms with Crippen molar-refractivity contribution in [3.8, 4) is 17.2 Å². The second-order valence-electron chi connectivity index (χ2n) is 4.55. The number of nitrogens with one attached hydrogen (secondary N) is 1. The van der Waals surface area contributed by atoms with E-state index >= 15 is 0 Å². The summed E-state index contributed by atoms with van der Waals surface area (Å²) in [5.41, 5.74) is 6.98. The van der Waals surface area contributed by atoms with Crippen LogP contribution in [0, 0.1) is 11.3 Å². The smallest absolute Gasteiger partial charge is 0.0995 e. The summed E-state index contributed by atoms with van der Waals surface area (Å²) in [6.07, 6.45) is 0.887. The average Bonchev–Trinajstić information content (AvgIpc) is 3.01. The van der Waals surface area contributed by atoms with E-state index in [1.165, 1.54) is 0 Å². The second kappa shape index (κ2) is 5.23. The van der Waals surface area contributed by atoms with Gasteiger partial charge in [0, 0.05) is 0 Å². The van der Waals surface area contributed by atoms with Crippen molar-refractivity contribution in [2.45, 2.75) is 12.5 Å². The van der Waals surface area contributed by atoms with Crippen LogP contribution in [-0.4, -0.2) is 6.61 Å². The molecule has 1 saturated heterocycles. The fourth-order valence-corrected chi connectivity index (χ4v) is 2.51. The molecule has 94 valence electrons. The van der Waals surface area contributed by atoms with E-state index in [9.17, 15) is 5.26 Å². The molecule has 0 radical (unpaired) electrons. The number of benzene rings is 2. The third kappa shape index (κ3) is 2.24. The van der Waals surface area contributed by atoms with Crippen LogP contribution in [-0.2, 0) is 4.84 Å². The Labute approximate surface area is 112 Å². The maximum Gasteiger partial charge on any atom is 0.0995 e. The molecule has 3 rings (SSSR count). The minimum Gasteiger partial charge on any atom is -0.301 e. The Kier molecular flexibility index (Phi) is 3.28. The zero-order valence-electron chi connectivity index (χ0n) is 10.5. The van der Waals surface area contributed by atoms with Crippen LogP contribution in [0.1, 0.15) is 23.6 Å². The molecule has 2 aromatic rings. The van der Waals surface area contributed by atoms with Crippen molar-refractivity contribution in [2.24, 2.45) is 0 Å². The van der Waals surface area contributed by atoms with E-state index in [-0.39, 0.29) is 6.04 Å². The Morgan fingerprint density at radius 2 is 1.95 bits per heavy atom. The van der Waals surface area contributed by atoms with Crippen molar-refractivity contribution in [2.75, 3.05) is 6.61 Å². The number of rotatable bonds is 2. The first kappa shape index (κ1) is 11.9. The van der Waals surface area contributed by atoms with E-state index in [0.29, 0.717) is 12.2 Å². The lowest BCUT2D eigenvalue weighted by Gasteiger charge is -2.16. The number of hydrogen-bond acceptors (Lipinski definition) is 3. The molecular formula is C16H14N2O. The predicted octanol–water partition coefficient (Wildman–Crippen LogP) is 3.19. The number of nitrogens with zero attached hydrogens (tertiary/aromatic N) is 1. The molecule has 0 aliphatic carbocycles. The summed E-state index contributed by atoms with van der Waals surface area (Å²) >= 11 is 0. The van der Waals surface area contributed by atoms with Crippen LogP contribution in [0.3, 0.4) is 0 Å². The molecule has 3 heteroatoms. The number of hydrogen-bond donors (Lipinski definition) is 1. The molecule has 0 amide bonds. The Morgan fingerprint density at radius 3 is 2.63 bits per heavy atom. The normalized spacial score (nSPS) is 18.2. The molecule has 1 N–H and O–H groups in total. The van der Waals surface area contributed by atoms with Crippen LogP contribution in [0.15, 0.2) is 48.5 Å². The Bertz CT molecular complexity index is 610. The van der Waals surface area contributed by atoms with E-state index in [2.05, 4.69) is 29.7 Å². The van der Waals surface area contributed by atoms with Gasteiger partial charge in [-0.25, -0.2) is 0 Å². The molecule has 2 aromatic carbocycles. The Morgan fingerprint density at radius 1 is 1.11 bits per heavy atom. The van der Waals surface area contributed by atoms with Gasteiger partial charge in [-0.15, -0.1) is 0 Å². The van der Waals surface area contributed by atoms with Crippen molar-refractivity contribution in [3.05, 3.63) is 59.7 Å². The fraction of sp³-hybridized carbons (Fsp3) is 0.188. The minimum absolute atomic E-state index is 0.0889. The van der Waals surface area contributed by atoms with Gasteiger partial charge in [-0.3, -0.25) is 0 Å². The molecule has 1 aliphatic rings. The van der Waals surface area contributed by atoms with Gasteiger partial charge >= 0.3 is 0 Å². The second-order valence-corrected chi connectivity index (χ2v) is 4.55. The zero-order chi connectivity index (χ0) is 13.1. The van der Waals surface area contributed by atoms with Crippen LogP contribution in [0.2, 0.25) is 0 Å². The topological polar surface area (TPSA) is 45.0 Å². The third-order valence-corrected chi connectivity index (χ3v) is 3.39. The summed E-state index contributed by atoms with van der Waals surface area (Å²) in [5, 5.41) is 9.33. The molecule has 1 fully saturated rings. The van der Waals surface area contributed by atoms with Gasteiger partial charge in [0.05, 0.1) is 24.3 Å². The molecule has 19 heavy (non-hydrogen) atoms. The largest absolute Gasteiger partial charge is 0.301 e. The molecule has 0 saturated carbocycles. The van der Waals surface area contributed by atoms with Gasteiger partial charge in [-0.1, -0.05) is 42.5 Å². The first-order valence-electron chi connectivity index (χ1n) is 6.36. The number of hydroxylamine groups is 1. The van der Waals surface area contributed by atoms with E-state index in [1.807, 2.05) is 30.3 Å². The van der Waals surface area contributed by atoms with Gasteiger partial charge in [0.2, 0.25) is 0 Å². The van der Waals surface area contributed by atoms with Crippen molar-refractivity contribution < 1.29 is 4.84 Å². The van der Waals surface area contributed by atoms with Gasteiger partial charge in [0.1, 0.15) is 0 Å². The van der Waals surface area contributed by atoms with Crippen LogP contribution >= 0.6 is 0 Å². The van der Waals surface area contributed by atoms with Gasteiger partial charge in [-0.05, 0) is 29.2 Å². The van der Waals surface area contributed by atoms with E-state index in [4.69, 9.17) is 4.84 Å². The van der Waals surface area contributed by atoms with Crippen LogP contribution in [0.25, 0.3) is 11.1 Å². The molecule has 0 spiro atoms. The Hall–Kier alpha value is -2.15. The summed E-state index contributed by atoms with van der Waals surface area (Å²) in [6, 6.07) is 18.4. The standard InChI is InChI=1S/C16H14N2O/c17-11-13-7-4-8-14(12-5-2-1-3-6-12)16(13)15-9-10-19-18-15/h1-8,15,18H,9-10H2. The van der Waals surface area contributed by atoms with Crippen molar-refractivity contribution in [1.29, 1.82) is 5.26 Å². The summed E-state index contributed by atoms with van der Waals surface area (Å²) in [5.74, 6) is 0. The molecule has 1 aliphatic heterocycles. The molecule has 1 atom stereocenters. The van der Waals surface area contributed by atoms with Gasteiger partial charge in [-0.2, -0.15) is 10.7 Å². The van der Waals surface area contributed by atoms with Crippen molar-refractivity contribution in [1.82, 2.24) is 5.48 Å². The Balaban J connectivity index is 2.16. The summed E-state index contributed by atoms with van der Waals surface area (Å²) in [7, 11) is 0. The average molecular weight is 250 g/mol. The molecule has 1 unspecified atom stereocenters. The monoisotopic (exact) mass is 250 g/mol. The van der Waals surface area contributed by atoms with E-state index in [1.54, 1.807) is 0 Å². The van der Waals surface area contributed by atoms with E-state index in [0.717, 1.165) is 23.1 Å². The highest BCUT2D eigenvalue weighted by molar-refractivity contribution is 5.71. The molecular weight excluding hydrogens is 236 g/mol. The summed E-state index contributed by atoms with van der Waals surface area (Å²) in [6.45, 7) is 0.679. The van der Waals surface area contributed by atoms with Crippen molar-refractivity contribution in [3.63, 3.8) is 0 Å². The van der Waals surface area contributed by atoms with Crippen LogP contribution < -0.4 is 5.48 Å². The maximum atomic E-state index is 9.33. The predicted molar refractivity (Wildman–Crippen MR) is 73.0 cm³/mol. The quantitative estimate of drug-likeness (QED) is 0.890. The van der Waals surface area contributed by atoms with Gasteiger partial charge < -0.3 is 4.84 Å². The maximum absolute atomic E-state index is 9.33. The first-order valence-corrected chi connectivity index (χ1v) is 6.36. The van der Waals surface area contributed by atoms with Crippen LogP contribution in [0.5, 0.6) is 0 Å². The lowest BCUT2D eigenvalue weighted by Crippen LogP contribution is -2.14. The first-order chi connectivity index (χ1) is 9.40. The molecule has 0 aromatic heterocycles. The minimum atomic E-state index is 0.0889. The van der Waals surface area contributed by atoms with E-state index < -0.39 is 0 Å². The SMILES string of the molecule is N#Cc1cccc(-c2ccccc2)c1C1CCON1. The zero-order valence-corrected chi connectivity index (χ0v) is 10.5. The molecule has 1 heterocycles. The lowest BCUT2D eigenvalue weighted by molar-refractivity contribution is 0.0883. The van der Waals surface area contributed by atoms with Gasteiger partial charge in [0.25, 0.3) is 0 Å². The highest BCUT2D eigenvalue weighted by atomic mass is 16.7. The van der Waals surface area contributed by atoms with Gasteiger partial charge in [0.15, 0.2) is 0 Å². The highest BCUT2D eigenvalue weighted by Gasteiger charge is 2.23. The van der Waals surface area contributed by atoms with Crippen molar-refractivity contribution >= 4 is 0 Å². The summed E-state index contributed by atoms with van der Waals surface area (Å²) < 4.78 is 0. The third-order valence-electron chi connectivity index (χ3n) is 3.39. The lowest BCUT2D eigenvalue weighted by atomic mass is 9.90. The number of nitriles is 1. The molecule has 0 bridgehead atoms. The highest BCUT2D eigenvalue weighted by Crippen LogP contribution is 2.33.